The third-order valence-corrected chi connectivity index (χ3v) is 3.39. The fourth-order valence-electron chi connectivity index (χ4n) is 2.41. The molecule has 110 valence electrons. The van der Waals surface area contributed by atoms with Crippen LogP contribution in [0.4, 0.5) is 0 Å². The molecule has 0 spiro atoms. The number of hydrogen-bond donors (Lipinski definition) is 1. The van der Waals surface area contributed by atoms with E-state index < -0.39 is 11.9 Å². The lowest BCUT2D eigenvalue weighted by Gasteiger charge is -2.14. The van der Waals surface area contributed by atoms with Gasteiger partial charge in [0.15, 0.2) is 0 Å². The van der Waals surface area contributed by atoms with E-state index in [1.807, 2.05) is 62.4 Å². The molecule has 0 aliphatic rings. The number of carbonyl (C=O) groups is 1. The van der Waals surface area contributed by atoms with Crippen molar-refractivity contribution in [2.24, 2.45) is 0 Å². The van der Waals surface area contributed by atoms with Gasteiger partial charge in [-0.25, -0.2) is 0 Å². The molecule has 0 fully saturated rings. The van der Waals surface area contributed by atoms with E-state index in [0.29, 0.717) is 18.8 Å². The summed E-state index contributed by atoms with van der Waals surface area (Å²) in [6, 6.07) is 15.3. The molecule has 0 heterocycles. The molecule has 1 atom stereocenters. The van der Waals surface area contributed by atoms with Crippen molar-refractivity contribution in [1.29, 1.82) is 0 Å². The third-order valence-electron chi connectivity index (χ3n) is 3.39. The molecule has 3 heteroatoms. The first kappa shape index (κ1) is 15.1. The molecule has 0 radical (unpaired) electrons. The number of hydrogen-bond acceptors (Lipinski definition) is 2. The fraction of sp³-hybridized carbons (Fsp3) is 0.278. The van der Waals surface area contributed by atoms with Gasteiger partial charge >= 0.3 is 5.97 Å². The normalized spacial score (nSPS) is 11.9. The quantitative estimate of drug-likeness (QED) is 0.877. The summed E-state index contributed by atoms with van der Waals surface area (Å²) in [6.45, 7) is 4.49. The molecule has 0 saturated heterocycles. The molecule has 1 unspecified atom stereocenters. The van der Waals surface area contributed by atoms with Crippen LogP contribution in [-0.2, 0) is 11.2 Å². The zero-order valence-corrected chi connectivity index (χ0v) is 12.4. The van der Waals surface area contributed by atoms with Crippen LogP contribution in [0, 0.1) is 6.92 Å². The van der Waals surface area contributed by atoms with Crippen LogP contribution in [0.3, 0.4) is 0 Å². The average Bonchev–Trinajstić information content (AvgIpc) is 2.45. The monoisotopic (exact) mass is 284 g/mol. The Morgan fingerprint density at radius 2 is 1.95 bits per heavy atom. The van der Waals surface area contributed by atoms with Crippen LogP contribution >= 0.6 is 0 Å². The van der Waals surface area contributed by atoms with Crippen molar-refractivity contribution in [3.63, 3.8) is 0 Å². The predicted molar refractivity (Wildman–Crippen MR) is 82.9 cm³/mol. The SMILES string of the molecule is CCOc1cccc(C(Cc2cccc(C)c2)C(=O)O)c1. The largest absolute Gasteiger partial charge is 0.494 e. The first-order valence-electron chi connectivity index (χ1n) is 7.11. The van der Waals surface area contributed by atoms with E-state index in [1.165, 1.54) is 0 Å². The van der Waals surface area contributed by atoms with Crippen LogP contribution in [0.25, 0.3) is 0 Å². The zero-order chi connectivity index (χ0) is 15.2. The van der Waals surface area contributed by atoms with Crippen molar-refractivity contribution in [1.82, 2.24) is 0 Å². The molecule has 0 saturated carbocycles. The first-order chi connectivity index (χ1) is 10.1. The van der Waals surface area contributed by atoms with Crippen LogP contribution in [-0.4, -0.2) is 17.7 Å². The van der Waals surface area contributed by atoms with Crippen molar-refractivity contribution < 1.29 is 14.6 Å². The highest BCUT2D eigenvalue weighted by Crippen LogP contribution is 2.25. The summed E-state index contributed by atoms with van der Waals surface area (Å²) >= 11 is 0. The van der Waals surface area contributed by atoms with Gasteiger partial charge in [-0.3, -0.25) is 4.79 Å². The van der Waals surface area contributed by atoms with Gasteiger partial charge in [0.05, 0.1) is 12.5 Å². The zero-order valence-electron chi connectivity index (χ0n) is 12.4. The van der Waals surface area contributed by atoms with Crippen molar-refractivity contribution >= 4 is 5.97 Å². The minimum absolute atomic E-state index is 0.479. The van der Waals surface area contributed by atoms with E-state index in [2.05, 4.69) is 0 Å². The minimum atomic E-state index is -0.815. The highest BCUT2D eigenvalue weighted by atomic mass is 16.5. The maximum atomic E-state index is 11.6. The van der Waals surface area contributed by atoms with E-state index in [0.717, 1.165) is 16.7 Å². The summed E-state index contributed by atoms with van der Waals surface area (Å²) in [7, 11) is 0. The molecule has 0 aromatic heterocycles. The van der Waals surface area contributed by atoms with Gasteiger partial charge in [-0.1, -0.05) is 42.0 Å². The van der Waals surface area contributed by atoms with Crippen molar-refractivity contribution in [2.45, 2.75) is 26.2 Å². The van der Waals surface area contributed by atoms with Gasteiger partial charge in [0, 0.05) is 0 Å². The second-order valence-corrected chi connectivity index (χ2v) is 5.09. The van der Waals surface area contributed by atoms with Gasteiger partial charge < -0.3 is 9.84 Å². The molecule has 2 aromatic rings. The van der Waals surface area contributed by atoms with Crippen LogP contribution in [0.2, 0.25) is 0 Å². The third kappa shape index (κ3) is 4.09. The molecular formula is C18H20O3. The van der Waals surface area contributed by atoms with Gasteiger partial charge in [-0.2, -0.15) is 0 Å². The van der Waals surface area contributed by atoms with Crippen molar-refractivity contribution in [3.05, 3.63) is 65.2 Å². The van der Waals surface area contributed by atoms with Crippen molar-refractivity contribution in [3.8, 4) is 5.75 Å². The van der Waals surface area contributed by atoms with Crippen molar-refractivity contribution in [2.75, 3.05) is 6.61 Å². The standard InChI is InChI=1S/C18H20O3/c1-3-21-16-9-5-8-15(12-16)17(18(19)20)11-14-7-4-6-13(2)10-14/h4-10,12,17H,3,11H2,1-2H3,(H,19,20). The predicted octanol–water partition coefficient (Wildman–Crippen LogP) is 3.80. The maximum absolute atomic E-state index is 11.6. The number of carboxylic acid groups (broad SMARTS) is 1. The van der Waals surface area contributed by atoms with Gasteiger partial charge in [-0.15, -0.1) is 0 Å². The van der Waals surface area contributed by atoms with E-state index in [1.54, 1.807) is 0 Å². The number of benzene rings is 2. The Hall–Kier alpha value is -2.29. The lowest BCUT2D eigenvalue weighted by Crippen LogP contribution is -2.14. The average molecular weight is 284 g/mol. The molecule has 0 amide bonds. The Kier molecular flexibility index (Phi) is 4.99. The van der Waals surface area contributed by atoms with E-state index >= 15 is 0 Å². The maximum Gasteiger partial charge on any atom is 0.311 e. The highest BCUT2D eigenvalue weighted by Gasteiger charge is 2.20. The number of carboxylic acids is 1. The number of aliphatic carboxylic acids is 1. The number of rotatable bonds is 6. The summed E-state index contributed by atoms with van der Waals surface area (Å²) in [6.07, 6.45) is 0.479. The first-order valence-corrected chi connectivity index (χ1v) is 7.11. The highest BCUT2D eigenvalue weighted by molar-refractivity contribution is 5.76. The molecule has 0 aliphatic carbocycles. The Morgan fingerprint density at radius 3 is 2.62 bits per heavy atom. The number of ether oxygens (including phenoxy) is 1. The second-order valence-electron chi connectivity index (χ2n) is 5.09. The van der Waals surface area contributed by atoms with E-state index in [-0.39, 0.29) is 0 Å². The van der Waals surface area contributed by atoms with Gasteiger partial charge in [0.1, 0.15) is 5.75 Å². The molecule has 2 rings (SSSR count). The lowest BCUT2D eigenvalue weighted by atomic mass is 9.91. The van der Waals surface area contributed by atoms with Gasteiger partial charge in [0.2, 0.25) is 0 Å². The summed E-state index contributed by atoms with van der Waals surface area (Å²) in [5.74, 6) is -0.664. The second kappa shape index (κ2) is 6.93. The topological polar surface area (TPSA) is 46.5 Å². The molecule has 21 heavy (non-hydrogen) atoms. The minimum Gasteiger partial charge on any atom is -0.494 e. The molecular weight excluding hydrogens is 264 g/mol. The van der Waals surface area contributed by atoms with E-state index in [4.69, 9.17) is 4.74 Å². The fourth-order valence-corrected chi connectivity index (χ4v) is 2.41. The summed E-state index contributed by atoms with van der Waals surface area (Å²) in [5, 5.41) is 9.54. The molecule has 0 aliphatic heterocycles. The van der Waals surface area contributed by atoms with E-state index in [9.17, 15) is 9.90 Å². The summed E-state index contributed by atoms with van der Waals surface area (Å²) in [5.41, 5.74) is 2.94. The molecule has 0 bridgehead atoms. The molecule has 3 nitrogen and oxygen atoms in total. The lowest BCUT2D eigenvalue weighted by molar-refractivity contribution is -0.138. The van der Waals surface area contributed by atoms with Gasteiger partial charge in [0.25, 0.3) is 0 Å². The van der Waals surface area contributed by atoms with Crippen LogP contribution in [0.1, 0.15) is 29.5 Å². The summed E-state index contributed by atoms with van der Waals surface area (Å²) in [4.78, 5) is 11.6. The van der Waals surface area contributed by atoms with Gasteiger partial charge in [-0.05, 0) is 43.5 Å². The Labute approximate surface area is 125 Å². The van der Waals surface area contributed by atoms with Crippen LogP contribution < -0.4 is 4.74 Å². The Balaban J connectivity index is 2.26. The van der Waals surface area contributed by atoms with Crippen LogP contribution in [0.5, 0.6) is 5.75 Å². The smallest absolute Gasteiger partial charge is 0.311 e. The molecule has 1 N–H and O–H groups in total. The Morgan fingerprint density at radius 1 is 1.19 bits per heavy atom. The van der Waals surface area contributed by atoms with Crippen LogP contribution in [0.15, 0.2) is 48.5 Å². The summed E-state index contributed by atoms with van der Waals surface area (Å²) < 4.78 is 5.45. The number of aryl methyl sites for hydroxylation is 1. The Bertz CT molecular complexity index is 619. The molecule has 2 aromatic carbocycles.